The summed E-state index contributed by atoms with van der Waals surface area (Å²) in [6, 6.07) is 13.9. The highest BCUT2D eigenvalue weighted by molar-refractivity contribution is 7.92. The van der Waals surface area contributed by atoms with Crippen LogP contribution in [0.15, 0.2) is 59.8 Å². The number of sulfonamides is 1. The highest BCUT2D eigenvalue weighted by Gasteiger charge is 2.30. The molecule has 0 spiro atoms. The molecule has 2 aromatic carbocycles. The molecule has 8 nitrogen and oxygen atoms in total. The number of rotatable bonds is 8. The lowest BCUT2D eigenvalue weighted by Crippen LogP contribution is -2.31. The molecule has 0 fully saturated rings. The number of nitrogens with zero attached hydrogens (tertiary/aromatic N) is 4. The molecule has 1 aliphatic rings. The van der Waals surface area contributed by atoms with Gasteiger partial charge in [-0.3, -0.25) is 13.8 Å². The van der Waals surface area contributed by atoms with Crippen molar-refractivity contribution in [3.63, 3.8) is 0 Å². The fraction of sp³-hybridized carbons (Fsp3) is 0.304. The first-order valence-electron chi connectivity index (χ1n) is 10.5. The van der Waals surface area contributed by atoms with Crippen LogP contribution in [0.5, 0.6) is 0 Å². The predicted molar refractivity (Wildman–Crippen MR) is 127 cm³/mol. The summed E-state index contributed by atoms with van der Waals surface area (Å²) in [6.07, 6.45) is 2.55. The Kier molecular flexibility index (Phi) is 6.73. The summed E-state index contributed by atoms with van der Waals surface area (Å²) in [6.45, 7) is 1.04. The summed E-state index contributed by atoms with van der Waals surface area (Å²) in [7, 11) is -0.692. The van der Waals surface area contributed by atoms with Gasteiger partial charge >= 0.3 is 0 Å². The SMILES string of the molecule is COCCC(=O)N1CCc2cc(N(Cc3ccc(Cl)cc3)S(=O)(=O)c3ccn(C)n3)ccc21. The molecule has 2 heterocycles. The molecule has 33 heavy (non-hydrogen) atoms. The number of carbonyl (C=O) groups excluding carboxylic acids is 1. The Hall–Kier alpha value is -2.88. The lowest BCUT2D eigenvalue weighted by Gasteiger charge is -2.25. The van der Waals surface area contributed by atoms with Gasteiger partial charge in [0.05, 0.1) is 25.3 Å². The van der Waals surface area contributed by atoms with Crippen LogP contribution in [0, 0.1) is 0 Å². The Morgan fingerprint density at radius 2 is 1.94 bits per heavy atom. The van der Waals surface area contributed by atoms with Crippen molar-refractivity contribution in [3.8, 4) is 0 Å². The quantitative estimate of drug-likeness (QED) is 0.485. The molecule has 1 amide bonds. The van der Waals surface area contributed by atoms with Gasteiger partial charge in [0.15, 0.2) is 5.03 Å². The van der Waals surface area contributed by atoms with E-state index in [0.717, 1.165) is 16.8 Å². The Bertz CT molecular complexity index is 1260. The number of anilines is 2. The number of ether oxygens (including phenoxy) is 1. The van der Waals surface area contributed by atoms with Crippen LogP contribution < -0.4 is 9.21 Å². The van der Waals surface area contributed by atoms with Crippen molar-refractivity contribution >= 4 is 38.9 Å². The molecular weight excluding hydrogens is 464 g/mol. The summed E-state index contributed by atoms with van der Waals surface area (Å²) in [5, 5.41) is 4.67. The van der Waals surface area contributed by atoms with Gasteiger partial charge in [-0.1, -0.05) is 23.7 Å². The predicted octanol–water partition coefficient (Wildman–Crippen LogP) is 3.39. The van der Waals surface area contributed by atoms with Gasteiger partial charge in [0, 0.05) is 37.6 Å². The van der Waals surface area contributed by atoms with Crippen LogP contribution in [0.25, 0.3) is 0 Å². The average Bonchev–Trinajstić information content (AvgIpc) is 3.43. The number of hydrogen-bond donors (Lipinski definition) is 0. The van der Waals surface area contributed by atoms with E-state index < -0.39 is 10.0 Å². The second-order valence-electron chi connectivity index (χ2n) is 7.82. The van der Waals surface area contributed by atoms with Crippen molar-refractivity contribution in [1.29, 1.82) is 0 Å². The highest BCUT2D eigenvalue weighted by Crippen LogP contribution is 2.34. The maximum absolute atomic E-state index is 13.6. The number of halogens is 1. The topological polar surface area (TPSA) is 84.7 Å². The van der Waals surface area contributed by atoms with E-state index in [9.17, 15) is 13.2 Å². The molecule has 4 rings (SSSR count). The molecule has 0 atom stereocenters. The first-order chi connectivity index (χ1) is 15.8. The van der Waals surface area contributed by atoms with Gasteiger partial charge in [0.1, 0.15) is 0 Å². The summed E-state index contributed by atoms with van der Waals surface area (Å²) in [5.74, 6) is -0.0116. The zero-order valence-electron chi connectivity index (χ0n) is 18.4. The van der Waals surface area contributed by atoms with Crippen LogP contribution in [0.2, 0.25) is 5.02 Å². The summed E-state index contributed by atoms with van der Waals surface area (Å²) >= 11 is 6.00. The van der Waals surface area contributed by atoms with Gasteiger partial charge in [-0.15, -0.1) is 0 Å². The normalized spacial score (nSPS) is 13.2. The van der Waals surface area contributed by atoms with E-state index >= 15 is 0 Å². The van der Waals surface area contributed by atoms with Crippen molar-refractivity contribution in [2.75, 3.05) is 29.5 Å². The van der Waals surface area contributed by atoms with Crippen molar-refractivity contribution in [1.82, 2.24) is 9.78 Å². The first-order valence-corrected chi connectivity index (χ1v) is 12.3. The minimum absolute atomic E-state index is 0.0116. The third-order valence-corrected chi connectivity index (χ3v) is 7.47. The van der Waals surface area contributed by atoms with Crippen LogP contribution in [-0.4, -0.2) is 44.4 Å². The molecule has 0 saturated heterocycles. The van der Waals surface area contributed by atoms with Gasteiger partial charge in [-0.25, -0.2) is 0 Å². The maximum atomic E-state index is 13.6. The Morgan fingerprint density at radius 3 is 2.61 bits per heavy atom. The highest BCUT2D eigenvalue weighted by atomic mass is 35.5. The Morgan fingerprint density at radius 1 is 1.18 bits per heavy atom. The van der Waals surface area contributed by atoms with Crippen molar-refractivity contribution < 1.29 is 17.9 Å². The Labute approximate surface area is 198 Å². The van der Waals surface area contributed by atoms with Gasteiger partial charge in [0.25, 0.3) is 10.0 Å². The molecule has 0 saturated carbocycles. The van der Waals surface area contributed by atoms with E-state index in [-0.39, 0.29) is 17.5 Å². The number of hydrogen-bond acceptors (Lipinski definition) is 5. The first kappa shape index (κ1) is 23.3. The third-order valence-electron chi connectivity index (χ3n) is 5.55. The molecule has 0 unspecified atom stereocenters. The van der Waals surface area contributed by atoms with E-state index in [0.29, 0.717) is 36.7 Å². The maximum Gasteiger partial charge on any atom is 0.283 e. The van der Waals surface area contributed by atoms with Crippen LogP contribution >= 0.6 is 11.6 Å². The smallest absolute Gasteiger partial charge is 0.283 e. The molecule has 1 aliphatic heterocycles. The van der Waals surface area contributed by atoms with Gasteiger partial charge in [0.2, 0.25) is 5.91 Å². The number of aryl methyl sites for hydroxylation is 1. The number of benzene rings is 2. The van der Waals surface area contributed by atoms with Crippen molar-refractivity contribution in [3.05, 3.63) is 70.9 Å². The Balaban J connectivity index is 1.70. The van der Waals surface area contributed by atoms with Gasteiger partial charge in [-0.2, -0.15) is 13.5 Å². The monoisotopic (exact) mass is 488 g/mol. The van der Waals surface area contributed by atoms with Gasteiger partial charge < -0.3 is 9.64 Å². The largest absolute Gasteiger partial charge is 0.384 e. The van der Waals surface area contributed by atoms with E-state index in [1.54, 1.807) is 55.6 Å². The molecule has 0 N–H and O–H groups in total. The standard InChI is InChI=1S/C23H25ClN4O4S/c1-26-12-10-22(25-26)33(30,31)28(16-17-3-5-19(24)6-4-17)20-7-8-21-18(15-20)9-13-27(21)23(29)11-14-32-2/h3-8,10,12,15H,9,11,13-14,16H2,1-2H3. The summed E-state index contributed by atoms with van der Waals surface area (Å²) < 4.78 is 34.9. The fourth-order valence-electron chi connectivity index (χ4n) is 3.84. The fourth-order valence-corrected chi connectivity index (χ4v) is 5.37. The van der Waals surface area contributed by atoms with Crippen molar-refractivity contribution in [2.45, 2.75) is 24.4 Å². The molecule has 3 aromatic rings. The lowest BCUT2D eigenvalue weighted by molar-refractivity contribution is -0.119. The molecular formula is C23H25ClN4O4S. The zero-order chi connectivity index (χ0) is 23.6. The molecule has 10 heteroatoms. The summed E-state index contributed by atoms with van der Waals surface area (Å²) in [4.78, 5) is 14.3. The minimum Gasteiger partial charge on any atom is -0.384 e. The minimum atomic E-state index is -3.93. The molecule has 174 valence electrons. The van der Waals surface area contributed by atoms with E-state index in [4.69, 9.17) is 16.3 Å². The second kappa shape index (κ2) is 9.54. The third kappa shape index (κ3) is 4.90. The van der Waals surface area contributed by atoms with Gasteiger partial charge in [-0.05, 0) is 53.9 Å². The number of amides is 1. The summed E-state index contributed by atoms with van der Waals surface area (Å²) in [5.41, 5.74) is 3.04. The zero-order valence-corrected chi connectivity index (χ0v) is 20.0. The molecule has 0 radical (unpaired) electrons. The van der Waals surface area contributed by atoms with Crippen LogP contribution in [-0.2, 0) is 39.6 Å². The second-order valence-corrected chi connectivity index (χ2v) is 10.1. The van der Waals surface area contributed by atoms with Crippen LogP contribution in [0.1, 0.15) is 17.5 Å². The molecule has 1 aromatic heterocycles. The number of fused-ring (bicyclic) bond motifs is 1. The number of carbonyl (C=O) groups is 1. The number of methoxy groups -OCH3 is 1. The van der Waals surface area contributed by atoms with Crippen LogP contribution in [0.3, 0.4) is 0 Å². The number of aromatic nitrogens is 2. The van der Waals surface area contributed by atoms with Crippen LogP contribution in [0.4, 0.5) is 11.4 Å². The van der Waals surface area contributed by atoms with E-state index in [2.05, 4.69) is 5.10 Å². The molecule has 0 bridgehead atoms. The lowest BCUT2D eigenvalue weighted by atomic mass is 10.1. The van der Waals surface area contributed by atoms with Crippen molar-refractivity contribution in [2.24, 2.45) is 7.05 Å². The van der Waals surface area contributed by atoms with E-state index in [1.165, 1.54) is 15.1 Å². The molecule has 0 aliphatic carbocycles. The van der Waals surface area contributed by atoms with E-state index in [1.807, 2.05) is 12.1 Å². The average molecular weight is 489 g/mol.